The van der Waals surface area contributed by atoms with Gasteiger partial charge in [0.05, 0.1) is 5.69 Å². The van der Waals surface area contributed by atoms with Gasteiger partial charge in [-0.25, -0.2) is 0 Å². The van der Waals surface area contributed by atoms with Gasteiger partial charge in [-0.1, -0.05) is 18.5 Å². The summed E-state index contributed by atoms with van der Waals surface area (Å²) in [5.74, 6) is 0. The highest BCUT2D eigenvalue weighted by atomic mass is 35.5. The summed E-state index contributed by atoms with van der Waals surface area (Å²) in [5, 5.41) is 17.6. The van der Waals surface area contributed by atoms with Gasteiger partial charge in [0.2, 0.25) is 0 Å². The Morgan fingerprint density at radius 2 is 2.37 bits per heavy atom. The molecule has 0 aromatic carbocycles. The molecule has 0 aliphatic heterocycles. The summed E-state index contributed by atoms with van der Waals surface area (Å²) in [6, 6.07) is 2.05. The van der Waals surface area contributed by atoms with Crippen LogP contribution in [-0.2, 0) is 13.1 Å². The fourth-order valence-electron chi connectivity index (χ4n) is 1.74. The summed E-state index contributed by atoms with van der Waals surface area (Å²) in [7, 11) is 0. The Balaban J connectivity index is 2.08. The summed E-state index contributed by atoms with van der Waals surface area (Å²) < 4.78 is 5.90. The van der Waals surface area contributed by atoms with Crippen LogP contribution < -0.4 is 5.32 Å². The van der Waals surface area contributed by atoms with Crippen LogP contribution in [0.25, 0.3) is 0 Å². The molecule has 0 unspecified atom stereocenters. The average molecular weight is 296 g/mol. The van der Waals surface area contributed by atoms with Crippen LogP contribution in [-0.4, -0.2) is 14.2 Å². The molecule has 0 spiro atoms. The first-order chi connectivity index (χ1) is 9.15. The molecule has 2 heterocycles. The molecule has 5 nitrogen and oxygen atoms in total. The SMILES string of the molecule is CCCn1cc(CNc2snc(Cl)c2C#N)c(C)n1. The topological polar surface area (TPSA) is 66.5 Å². The number of hydrogen-bond donors (Lipinski definition) is 1. The first-order valence-corrected chi connectivity index (χ1v) is 7.13. The van der Waals surface area contributed by atoms with Crippen molar-refractivity contribution in [2.75, 3.05) is 5.32 Å². The van der Waals surface area contributed by atoms with Crippen molar-refractivity contribution in [2.45, 2.75) is 33.4 Å². The number of halogens is 1. The third kappa shape index (κ3) is 3.06. The quantitative estimate of drug-likeness (QED) is 0.920. The van der Waals surface area contributed by atoms with Crippen molar-refractivity contribution in [1.82, 2.24) is 14.2 Å². The molecule has 0 aliphatic rings. The molecule has 0 fully saturated rings. The first kappa shape index (κ1) is 13.8. The Hall–Kier alpha value is -1.58. The van der Waals surface area contributed by atoms with E-state index >= 15 is 0 Å². The largest absolute Gasteiger partial charge is 0.370 e. The van der Waals surface area contributed by atoms with Crippen LogP contribution in [0, 0.1) is 18.3 Å². The highest BCUT2D eigenvalue weighted by molar-refractivity contribution is 7.10. The van der Waals surface area contributed by atoms with E-state index in [1.165, 1.54) is 11.5 Å². The molecule has 0 radical (unpaired) electrons. The van der Waals surface area contributed by atoms with E-state index < -0.39 is 0 Å². The second-order valence-corrected chi connectivity index (χ2v) is 5.28. The number of hydrogen-bond acceptors (Lipinski definition) is 5. The molecule has 0 aliphatic carbocycles. The van der Waals surface area contributed by atoms with E-state index in [2.05, 4.69) is 27.8 Å². The number of nitrogens with zero attached hydrogens (tertiary/aromatic N) is 4. The van der Waals surface area contributed by atoms with Crippen molar-refractivity contribution in [3.05, 3.63) is 28.2 Å². The zero-order valence-corrected chi connectivity index (χ0v) is 12.3. The molecule has 2 aromatic rings. The zero-order chi connectivity index (χ0) is 13.8. The fraction of sp³-hybridized carbons (Fsp3) is 0.417. The average Bonchev–Trinajstić information content (AvgIpc) is 2.90. The Morgan fingerprint density at radius 3 is 3.05 bits per heavy atom. The summed E-state index contributed by atoms with van der Waals surface area (Å²) in [6.07, 6.45) is 3.08. The van der Waals surface area contributed by atoms with Crippen LogP contribution >= 0.6 is 23.1 Å². The van der Waals surface area contributed by atoms with Crippen molar-refractivity contribution in [3.63, 3.8) is 0 Å². The van der Waals surface area contributed by atoms with Crippen LogP contribution in [0.5, 0.6) is 0 Å². The van der Waals surface area contributed by atoms with Crippen LogP contribution in [0.2, 0.25) is 5.15 Å². The minimum Gasteiger partial charge on any atom is -0.370 e. The first-order valence-electron chi connectivity index (χ1n) is 5.97. The molecule has 2 aromatic heterocycles. The van der Waals surface area contributed by atoms with E-state index in [0.29, 0.717) is 17.1 Å². The molecule has 0 bridgehead atoms. The van der Waals surface area contributed by atoms with Gasteiger partial charge in [0.25, 0.3) is 0 Å². The van der Waals surface area contributed by atoms with E-state index in [-0.39, 0.29) is 5.15 Å². The minimum atomic E-state index is 0.258. The summed E-state index contributed by atoms with van der Waals surface area (Å²) in [6.45, 7) is 5.63. The third-order valence-electron chi connectivity index (χ3n) is 2.70. The number of nitrogens with one attached hydrogen (secondary N) is 1. The van der Waals surface area contributed by atoms with Crippen LogP contribution in [0.1, 0.15) is 30.2 Å². The molecule has 0 saturated carbocycles. The Kier molecular flexibility index (Phi) is 4.40. The number of anilines is 1. The molecular weight excluding hydrogens is 282 g/mol. The van der Waals surface area contributed by atoms with Gasteiger partial charge in [-0.2, -0.15) is 14.7 Å². The summed E-state index contributed by atoms with van der Waals surface area (Å²) >= 11 is 7.02. The normalized spacial score (nSPS) is 10.4. The molecule has 2 rings (SSSR count). The molecule has 1 N–H and O–H groups in total. The maximum absolute atomic E-state index is 8.99. The van der Waals surface area contributed by atoms with Crippen LogP contribution in [0.3, 0.4) is 0 Å². The predicted octanol–water partition coefficient (Wildman–Crippen LogP) is 3.20. The molecule has 0 atom stereocenters. The lowest BCUT2D eigenvalue weighted by molar-refractivity contribution is 0.598. The number of rotatable bonds is 5. The summed E-state index contributed by atoms with van der Waals surface area (Å²) in [4.78, 5) is 0. The van der Waals surface area contributed by atoms with Crippen LogP contribution in [0.4, 0.5) is 5.00 Å². The highest BCUT2D eigenvalue weighted by Crippen LogP contribution is 2.28. The number of nitriles is 1. The van der Waals surface area contributed by atoms with Crippen molar-refractivity contribution in [1.29, 1.82) is 5.26 Å². The Labute approximate surface area is 121 Å². The van der Waals surface area contributed by atoms with Crippen LogP contribution in [0.15, 0.2) is 6.20 Å². The second kappa shape index (κ2) is 6.04. The van der Waals surface area contributed by atoms with E-state index in [9.17, 15) is 0 Å². The lowest BCUT2D eigenvalue weighted by Gasteiger charge is -2.02. The maximum Gasteiger partial charge on any atom is 0.162 e. The van der Waals surface area contributed by atoms with Crippen molar-refractivity contribution >= 4 is 28.1 Å². The second-order valence-electron chi connectivity index (χ2n) is 4.15. The van der Waals surface area contributed by atoms with Gasteiger partial charge in [-0.05, 0) is 24.9 Å². The minimum absolute atomic E-state index is 0.258. The van der Waals surface area contributed by atoms with E-state index in [1.54, 1.807) is 0 Å². The standard InChI is InChI=1S/C12H14ClN5S/c1-3-4-18-7-9(8(2)16-18)6-15-12-10(5-14)11(13)17-19-12/h7,15H,3-4,6H2,1-2H3. The van der Waals surface area contributed by atoms with Gasteiger partial charge in [-0.3, -0.25) is 4.68 Å². The number of aromatic nitrogens is 3. The summed E-state index contributed by atoms with van der Waals surface area (Å²) in [5.41, 5.74) is 2.52. The van der Waals surface area contributed by atoms with Gasteiger partial charge in [-0.15, -0.1) is 0 Å². The molecular formula is C12H14ClN5S. The lowest BCUT2D eigenvalue weighted by Crippen LogP contribution is -1.99. The van der Waals surface area contributed by atoms with Crippen molar-refractivity contribution < 1.29 is 0 Å². The molecule has 0 saturated heterocycles. The lowest BCUT2D eigenvalue weighted by atomic mass is 10.2. The van der Waals surface area contributed by atoms with Crippen molar-refractivity contribution in [3.8, 4) is 6.07 Å². The van der Waals surface area contributed by atoms with Gasteiger partial charge >= 0.3 is 0 Å². The van der Waals surface area contributed by atoms with Gasteiger partial charge < -0.3 is 5.32 Å². The van der Waals surface area contributed by atoms with Gasteiger partial charge in [0.1, 0.15) is 16.6 Å². The fourth-order valence-corrected chi connectivity index (χ4v) is 2.67. The Morgan fingerprint density at radius 1 is 1.58 bits per heavy atom. The van der Waals surface area contributed by atoms with Crippen molar-refractivity contribution in [2.24, 2.45) is 0 Å². The van der Waals surface area contributed by atoms with E-state index in [0.717, 1.165) is 24.2 Å². The van der Waals surface area contributed by atoms with Gasteiger partial charge in [0, 0.05) is 24.8 Å². The Bertz CT molecular complexity index is 610. The zero-order valence-electron chi connectivity index (χ0n) is 10.8. The highest BCUT2D eigenvalue weighted by Gasteiger charge is 2.12. The molecule has 19 heavy (non-hydrogen) atoms. The molecule has 7 heteroatoms. The monoisotopic (exact) mass is 295 g/mol. The van der Waals surface area contributed by atoms with E-state index in [1.807, 2.05) is 17.8 Å². The maximum atomic E-state index is 8.99. The predicted molar refractivity (Wildman–Crippen MR) is 76.4 cm³/mol. The number of aryl methyl sites for hydroxylation is 2. The third-order valence-corrected chi connectivity index (χ3v) is 3.88. The smallest absolute Gasteiger partial charge is 0.162 e. The molecule has 100 valence electrons. The van der Waals surface area contributed by atoms with Gasteiger partial charge in [0.15, 0.2) is 5.15 Å². The molecule has 0 amide bonds. The van der Waals surface area contributed by atoms with E-state index in [4.69, 9.17) is 16.9 Å².